The van der Waals surface area contributed by atoms with Gasteiger partial charge >= 0.3 is 6.09 Å². The maximum Gasteiger partial charge on any atom is 0.440 e. The van der Waals surface area contributed by atoms with Crippen molar-refractivity contribution in [2.45, 2.75) is 6.54 Å². The first kappa shape index (κ1) is 16.7. The highest BCUT2D eigenvalue weighted by Crippen LogP contribution is 2.17. The summed E-state index contributed by atoms with van der Waals surface area (Å²) >= 11 is 0. The second kappa shape index (κ2) is 6.59. The summed E-state index contributed by atoms with van der Waals surface area (Å²) in [5, 5.41) is 8.21. The molecule has 0 atom stereocenters. The minimum Gasteiger partial charge on any atom is -0.463 e. The summed E-state index contributed by atoms with van der Waals surface area (Å²) in [7, 11) is -3.14. The largest absolute Gasteiger partial charge is 0.463 e. The van der Waals surface area contributed by atoms with Crippen molar-refractivity contribution in [3.8, 4) is 0 Å². The van der Waals surface area contributed by atoms with Crippen LogP contribution in [0.4, 0.5) is 15.0 Å². The van der Waals surface area contributed by atoms with Gasteiger partial charge in [-0.3, -0.25) is 4.90 Å². The van der Waals surface area contributed by atoms with Crippen LogP contribution in [0.3, 0.4) is 0 Å². The molecule has 0 spiro atoms. The quantitative estimate of drug-likeness (QED) is 0.837. The van der Waals surface area contributed by atoms with Gasteiger partial charge in [-0.25, -0.2) is 13.2 Å². The number of nitrogens with zero attached hydrogens (tertiary/aromatic N) is 3. The molecule has 9 heteroatoms. The molecule has 1 aliphatic heterocycles. The molecule has 1 saturated heterocycles. The molecule has 1 fully saturated rings. The maximum atomic E-state index is 13.2. The third-order valence-electron chi connectivity index (χ3n) is 3.54. The lowest BCUT2D eigenvalue weighted by Gasteiger charge is -2.33. The number of amides is 1. The third-order valence-corrected chi connectivity index (χ3v) is 4.84. The Hall–Kier alpha value is -1.71. The van der Waals surface area contributed by atoms with Gasteiger partial charge in [0.15, 0.2) is 0 Å². The van der Waals surface area contributed by atoms with Gasteiger partial charge in [0.05, 0.1) is 11.9 Å². The van der Waals surface area contributed by atoms with Gasteiger partial charge in [-0.05, 0) is 17.7 Å². The summed E-state index contributed by atoms with van der Waals surface area (Å²) in [5.41, 5.74) is 0.869. The van der Waals surface area contributed by atoms with E-state index in [1.54, 1.807) is 12.1 Å². The summed E-state index contributed by atoms with van der Waals surface area (Å²) in [6, 6.07) is 6.12. The van der Waals surface area contributed by atoms with Crippen LogP contribution in [0.2, 0.25) is 0 Å². The van der Waals surface area contributed by atoms with Crippen molar-refractivity contribution in [2.24, 2.45) is 0 Å². The second-order valence-electron chi connectivity index (χ2n) is 5.17. The number of piperazine rings is 1. The molecular weight excluding hydrogens is 313 g/mol. The molecule has 1 aliphatic rings. The molecule has 0 unspecified atom stereocenters. The van der Waals surface area contributed by atoms with E-state index in [0.717, 1.165) is 5.56 Å². The van der Waals surface area contributed by atoms with Crippen LogP contribution in [-0.4, -0.2) is 61.3 Å². The van der Waals surface area contributed by atoms with Crippen molar-refractivity contribution in [1.29, 1.82) is 0 Å². The molecule has 2 rings (SSSR count). The first-order chi connectivity index (χ1) is 10.3. The third kappa shape index (κ3) is 4.15. The lowest BCUT2D eigenvalue weighted by atomic mass is 10.2. The van der Waals surface area contributed by atoms with E-state index < -0.39 is 16.1 Å². The predicted molar refractivity (Wildman–Crippen MR) is 79.7 cm³/mol. The van der Waals surface area contributed by atoms with Crippen LogP contribution >= 0.6 is 0 Å². The Morgan fingerprint density at radius 1 is 1.23 bits per heavy atom. The van der Waals surface area contributed by atoms with Crippen molar-refractivity contribution in [2.75, 3.05) is 37.6 Å². The molecular formula is C13H18FN3O4S. The summed E-state index contributed by atoms with van der Waals surface area (Å²) < 4.78 is 37.5. The Morgan fingerprint density at radius 2 is 1.77 bits per heavy atom. The molecule has 1 aromatic rings. The summed E-state index contributed by atoms with van der Waals surface area (Å²) in [4.78, 5) is 12.6. The SMILES string of the molecule is CS(=O)(=O)N1CCN(Cc2ccc(N(F)C(=O)O)cc2)CC1. The molecule has 1 N–H and O–H groups in total. The van der Waals surface area contributed by atoms with Gasteiger partial charge in [0.1, 0.15) is 0 Å². The first-order valence-corrected chi connectivity index (χ1v) is 8.57. The maximum absolute atomic E-state index is 13.2. The van der Waals surface area contributed by atoms with Crippen LogP contribution in [-0.2, 0) is 16.6 Å². The zero-order valence-electron chi connectivity index (χ0n) is 12.1. The van der Waals surface area contributed by atoms with Gasteiger partial charge in [-0.15, -0.1) is 5.12 Å². The Labute approximate surface area is 128 Å². The highest BCUT2D eigenvalue weighted by molar-refractivity contribution is 7.88. The number of sulfonamides is 1. The van der Waals surface area contributed by atoms with Crippen molar-refractivity contribution < 1.29 is 22.8 Å². The molecule has 0 aromatic heterocycles. The Kier molecular flexibility index (Phi) is 4.99. The van der Waals surface area contributed by atoms with E-state index in [0.29, 0.717) is 32.7 Å². The summed E-state index contributed by atoms with van der Waals surface area (Å²) in [6.45, 7) is 2.76. The van der Waals surface area contributed by atoms with E-state index >= 15 is 0 Å². The van der Waals surface area contributed by atoms with E-state index in [4.69, 9.17) is 5.11 Å². The molecule has 0 saturated carbocycles. The van der Waals surface area contributed by atoms with Gasteiger partial charge in [-0.1, -0.05) is 16.6 Å². The zero-order chi connectivity index (χ0) is 16.3. The van der Waals surface area contributed by atoms with Gasteiger partial charge in [0.25, 0.3) is 0 Å². The smallest absolute Gasteiger partial charge is 0.440 e. The van der Waals surface area contributed by atoms with Crippen LogP contribution in [0, 0.1) is 0 Å². The second-order valence-corrected chi connectivity index (χ2v) is 7.15. The number of carbonyl (C=O) groups is 1. The lowest BCUT2D eigenvalue weighted by molar-refractivity contribution is 0.182. The number of rotatable bonds is 4. The zero-order valence-corrected chi connectivity index (χ0v) is 13.0. The van der Waals surface area contributed by atoms with Gasteiger partial charge in [-0.2, -0.15) is 4.31 Å². The van der Waals surface area contributed by atoms with E-state index in [1.165, 1.54) is 22.7 Å². The standard InChI is InChI=1S/C13H18FN3O4S/c1-22(20,21)16-8-6-15(7-9-16)10-11-2-4-12(5-3-11)17(14)13(18)19/h2-5H,6-10H2,1H3,(H,18,19). The first-order valence-electron chi connectivity index (χ1n) is 6.72. The Balaban J connectivity index is 1.91. The van der Waals surface area contributed by atoms with Crippen LogP contribution in [0.5, 0.6) is 0 Å². The van der Waals surface area contributed by atoms with Crippen molar-refractivity contribution in [3.05, 3.63) is 29.8 Å². The molecule has 122 valence electrons. The van der Waals surface area contributed by atoms with Crippen molar-refractivity contribution in [3.63, 3.8) is 0 Å². The number of benzene rings is 1. The lowest BCUT2D eigenvalue weighted by Crippen LogP contribution is -2.47. The average molecular weight is 331 g/mol. The fourth-order valence-electron chi connectivity index (χ4n) is 2.32. The van der Waals surface area contributed by atoms with E-state index in [2.05, 4.69) is 4.90 Å². The fraction of sp³-hybridized carbons (Fsp3) is 0.462. The average Bonchev–Trinajstić information content (AvgIpc) is 2.47. The summed E-state index contributed by atoms with van der Waals surface area (Å²) in [5.74, 6) is 0. The van der Waals surface area contributed by atoms with Crippen LogP contribution < -0.4 is 5.12 Å². The molecule has 0 radical (unpaired) electrons. The number of anilines is 1. The van der Waals surface area contributed by atoms with E-state index in [-0.39, 0.29) is 10.8 Å². The molecule has 1 heterocycles. The van der Waals surface area contributed by atoms with Gasteiger partial charge < -0.3 is 5.11 Å². The Morgan fingerprint density at radius 3 is 2.23 bits per heavy atom. The highest BCUT2D eigenvalue weighted by Gasteiger charge is 2.23. The minimum absolute atomic E-state index is 0.0434. The molecule has 0 aliphatic carbocycles. The van der Waals surface area contributed by atoms with E-state index in [1.807, 2.05) is 0 Å². The number of carboxylic acid groups (broad SMARTS) is 1. The molecule has 1 aromatic carbocycles. The fourth-order valence-corrected chi connectivity index (χ4v) is 3.15. The number of hydrogen-bond acceptors (Lipinski definition) is 4. The minimum atomic E-state index is -3.14. The van der Waals surface area contributed by atoms with Crippen LogP contribution in [0.15, 0.2) is 24.3 Å². The topological polar surface area (TPSA) is 81.2 Å². The van der Waals surface area contributed by atoms with Crippen molar-refractivity contribution in [1.82, 2.24) is 9.21 Å². The molecule has 0 bridgehead atoms. The Bertz CT molecular complexity index is 627. The van der Waals surface area contributed by atoms with E-state index in [9.17, 15) is 17.7 Å². The monoisotopic (exact) mass is 331 g/mol. The van der Waals surface area contributed by atoms with Crippen LogP contribution in [0.25, 0.3) is 0 Å². The van der Waals surface area contributed by atoms with Gasteiger partial charge in [0.2, 0.25) is 10.0 Å². The molecule has 22 heavy (non-hydrogen) atoms. The number of halogens is 1. The van der Waals surface area contributed by atoms with Gasteiger partial charge in [0, 0.05) is 32.7 Å². The normalized spacial score (nSPS) is 17.4. The van der Waals surface area contributed by atoms with Crippen LogP contribution in [0.1, 0.15) is 5.56 Å². The highest BCUT2D eigenvalue weighted by atomic mass is 32.2. The van der Waals surface area contributed by atoms with Crippen molar-refractivity contribution >= 4 is 21.8 Å². The molecule has 7 nitrogen and oxygen atoms in total. The summed E-state index contributed by atoms with van der Waals surface area (Å²) in [6.07, 6.45) is -0.461. The predicted octanol–water partition coefficient (Wildman–Crippen LogP) is 1.13. The number of hydrogen-bond donors (Lipinski definition) is 1. The molecule has 1 amide bonds.